The number of carbonyl (C=O) groups excluding carboxylic acids is 1. The first-order chi connectivity index (χ1) is 12.7. The normalized spacial score (nSPS) is 12.2. The van der Waals surface area contributed by atoms with Crippen LogP contribution in [0.4, 0.5) is 5.13 Å². The van der Waals surface area contributed by atoms with Crippen molar-refractivity contribution in [1.29, 1.82) is 0 Å². The highest BCUT2D eigenvalue weighted by Crippen LogP contribution is 2.30. The van der Waals surface area contributed by atoms with Gasteiger partial charge in [0.2, 0.25) is 5.91 Å². The predicted molar refractivity (Wildman–Crippen MR) is 104 cm³/mol. The Morgan fingerprint density at radius 3 is 2.92 bits per heavy atom. The Morgan fingerprint density at radius 1 is 1.23 bits per heavy atom. The molecule has 4 N–H and O–H groups in total. The number of nitrogens with one attached hydrogen (secondary N) is 2. The second-order valence-corrected chi connectivity index (χ2v) is 6.78. The molecule has 6 nitrogen and oxygen atoms in total. The number of aromatic nitrogens is 3. The van der Waals surface area contributed by atoms with E-state index in [1.54, 1.807) is 6.20 Å². The quantitative estimate of drug-likeness (QED) is 0.507. The molecule has 0 aliphatic carbocycles. The highest BCUT2D eigenvalue weighted by Gasteiger charge is 2.17. The zero-order valence-corrected chi connectivity index (χ0v) is 14.7. The Balaban J connectivity index is 1.47. The second kappa shape index (κ2) is 7.07. The first kappa shape index (κ1) is 16.4. The highest BCUT2D eigenvalue weighted by molar-refractivity contribution is 7.14. The number of hydrogen-bond donors (Lipinski definition) is 3. The molecule has 0 unspecified atom stereocenters. The summed E-state index contributed by atoms with van der Waals surface area (Å²) in [4.78, 5) is 24.3. The Labute approximate surface area is 154 Å². The molecular weight excluding hydrogens is 346 g/mol. The fourth-order valence-corrected chi connectivity index (χ4v) is 3.50. The molecule has 0 aliphatic heterocycles. The van der Waals surface area contributed by atoms with Crippen molar-refractivity contribution in [1.82, 2.24) is 15.0 Å². The molecule has 1 atom stereocenters. The molecule has 3 heterocycles. The van der Waals surface area contributed by atoms with E-state index in [0.717, 1.165) is 27.9 Å². The molecule has 26 heavy (non-hydrogen) atoms. The van der Waals surface area contributed by atoms with Gasteiger partial charge in [-0.25, -0.2) is 9.97 Å². The van der Waals surface area contributed by atoms with Gasteiger partial charge in [0, 0.05) is 28.7 Å². The van der Waals surface area contributed by atoms with Gasteiger partial charge in [-0.2, -0.15) is 0 Å². The largest absolute Gasteiger partial charge is 0.345 e. The lowest BCUT2D eigenvalue weighted by atomic mass is 10.1. The van der Waals surface area contributed by atoms with Crippen LogP contribution in [0.15, 0.2) is 60.2 Å². The van der Waals surface area contributed by atoms with E-state index in [-0.39, 0.29) is 5.91 Å². The zero-order chi connectivity index (χ0) is 17.9. The maximum absolute atomic E-state index is 12.3. The maximum Gasteiger partial charge on any atom is 0.243 e. The van der Waals surface area contributed by atoms with Crippen molar-refractivity contribution in [2.45, 2.75) is 12.5 Å². The van der Waals surface area contributed by atoms with Crippen LogP contribution in [-0.4, -0.2) is 26.9 Å². The zero-order valence-electron chi connectivity index (χ0n) is 13.8. The van der Waals surface area contributed by atoms with Gasteiger partial charge in [0.15, 0.2) is 5.13 Å². The fourth-order valence-electron chi connectivity index (χ4n) is 2.78. The lowest BCUT2D eigenvalue weighted by molar-refractivity contribution is -0.117. The van der Waals surface area contributed by atoms with E-state index in [4.69, 9.17) is 5.73 Å². The molecule has 4 aromatic rings. The van der Waals surface area contributed by atoms with Gasteiger partial charge in [-0.15, -0.1) is 11.3 Å². The standard InChI is InChI=1S/C19H17N5OS/c20-15(9-12-5-2-1-3-6-12)18(25)24-19-23-16(11-26-19)14-10-22-17-13(14)7-4-8-21-17/h1-8,10-11,15H,9,20H2,(H,21,22)(H,23,24,25)/t15-/m1/s1. The minimum atomic E-state index is -0.623. The van der Waals surface area contributed by atoms with Crippen molar-refractivity contribution in [2.75, 3.05) is 5.32 Å². The molecule has 0 spiro atoms. The summed E-state index contributed by atoms with van der Waals surface area (Å²) in [5, 5.41) is 6.25. The number of nitrogens with two attached hydrogens (primary N) is 1. The summed E-state index contributed by atoms with van der Waals surface area (Å²) in [6, 6.07) is 13.0. The number of hydrogen-bond acceptors (Lipinski definition) is 5. The summed E-state index contributed by atoms with van der Waals surface area (Å²) in [6.45, 7) is 0. The maximum atomic E-state index is 12.3. The molecule has 0 saturated heterocycles. The molecule has 0 saturated carbocycles. The second-order valence-electron chi connectivity index (χ2n) is 5.93. The average Bonchev–Trinajstić information content (AvgIpc) is 3.29. The van der Waals surface area contributed by atoms with E-state index >= 15 is 0 Å². The molecule has 0 fully saturated rings. The smallest absolute Gasteiger partial charge is 0.243 e. The van der Waals surface area contributed by atoms with Crippen LogP contribution in [0.3, 0.4) is 0 Å². The van der Waals surface area contributed by atoms with Crippen molar-refractivity contribution in [3.8, 4) is 11.3 Å². The number of anilines is 1. The van der Waals surface area contributed by atoms with Crippen molar-refractivity contribution in [2.24, 2.45) is 5.73 Å². The van der Waals surface area contributed by atoms with Crippen molar-refractivity contribution in [3.05, 3.63) is 65.8 Å². The van der Waals surface area contributed by atoms with Crippen molar-refractivity contribution < 1.29 is 4.79 Å². The minimum absolute atomic E-state index is 0.240. The molecule has 1 aromatic carbocycles. The first-order valence-electron chi connectivity index (χ1n) is 8.19. The van der Waals surface area contributed by atoms with Crippen LogP contribution < -0.4 is 11.1 Å². The number of fused-ring (bicyclic) bond motifs is 1. The van der Waals surface area contributed by atoms with Gasteiger partial charge < -0.3 is 16.0 Å². The van der Waals surface area contributed by atoms with Crippen LogP contribution in [0.2, 0.25) is 0 Å². The Hall–Kier alpha value is -3.03. The van der Waals surface area contributed by atoms with Crippen LogP contribution in [0.25, 0.3) is 22.3 Å². The molecule has 7 heteroatoms. The van der Waals surface area contributed by atoms with Gasteiger partial charge in [-0.3, -0.25) is 4.79 Å². The van der Waals surface area contributed by atoms with Gasteiger partial charge in [-0.05, 0) is 24.1 Å². The number of rotatable bonds is 5. The summed E-state index contributed by atoms with van der Waals surface area (Å²) in [6.07, 6.45) is 4.10. The average molecular weight is 363 g/mol. The van der Waals surface area contributed by atoms with E-state index in [1.165, 1.54) is 11.3 Å². The minimum Gasteiger partial charge on any atom is -0.345 e. The summed E-state index contributed by atoms with van der Waals surface area (Å²) >= 11 is 1.38. The fraction of sp³-hybridized carbons (Fsp3) is 0.105. The monoisotopic (exact) mass is 363 g/mol. The summed E-state index contributed by atoms with van der Waals surface area (Å²) in [5.41, 5.74) is 9.61. The molecule has 3 aromatic heterocycles. The predicted octanol–water partition coefficient (Wildman–Crippen LogP) is 3.19. The SMILES string of the molecule is N[C@H](Cc1ccccc1)C(=O)Nc1nc(-c2c[nH]c3ncccc23)cs1. The van der Waals surface area contributed by atoms with Gasteiger partial charge in [0.25, 0.3) is 0 Å². The first-order valence-corrected chi connectivity index (χ1v) is 9.07. The van der Waals surface area contributed by atoms with Crippen LogP contribution in [0, 0.1) is 0 Å². The molecule has 0 bridgehead atoms. The third-order valence-corrected chi connectivity index (χ3v) is 4.85. The van der Waals surface area contributed by atoms with Gasteiger partial charge in [-0.1, -0.05) is 30.3 Å². The van der Waals surface area contributed by atoms with Crippen molar-refractivity contribution in [3.63, 3.8) is 0 Å². The third-order valence-electron chi connectivity index (χ3n) is 4.10. The molecular formula is C19H17N5OS. The number of thiazole rings is 1. The number of pyridine rings is 1. The molecule has 0 radical (unpaired) electrons. The molecule has 0 aliphatic rings. The van der Waals surface area contributed by atoms with E-state index < -0.39 is 6.04 Å². The number of H-pyrrole nitrogens is 1. The lowest BCUT2D eigenvalue weighted by Gasteiger charge is -2.10. The van der Waals surface area contributed by atoms with Crippen molar-refractivity contribution >= 4 is 33.4 Å². The Kier molecular flexibility index (Phi) is 4.47. The number of carbonyl (C=O) groups is 1. The van der Waals surface area contributed by atoms with Crippen LogP contribution in [-0.2, 0) is 11.2 Å². The summed E-state index contributed by atoms with van der Waals surface area (Å²) < 4.78 is 0. The highest BCUT2D eigenvalue weighted by atomic mass is 32.1. The lowest BCUT2D eigenvalue weighted by Crippen LogP contribution is -2.37. The number of amides is 1. The van der Waals surface area contributed by atoms with Gasteiger partial charge in [0.05, 0.1) is 11.7 Å². The van der Waals surface area contributed by atoms with E-state index in [1.807, 2.05) is 54.0 Å². The van der Waals surface area contributed by atoms with Gasteiger partial charge >= 0.3 is 0 Å². The van der Waals surface area contributed by atoms with Crippen LogP contribution in [0.5, 0.6) is 0 Å². The number of benzene rings is 1. The van der Waals surface area contributed by atoms with E-state index in [2.05, 4.69) is 20.3 Å². The third kappa shape index (κ3) is 3.35. The summed E-state index contributed by atoms with van der Waals surface area (Å²) in [5.74, 6) is -0.240. The topological polar surface area (TPSA) is 96.7 Å². The number of nitrogens with zero attached hydrogens (tertiary/aromatic N) is 2. The Bertz CT molecular complexity index is 1040. The number of aromatic amines is 1. The molecule has 130 valence electrons. The van der Waals surface area contributed by atoms with Gasteiger partial charge in [0.1, 0.15) is 5.65 Å². The van der Waals surface area contributed by atoms with Crippen LogP contribution >= 0.6 is 11.3 Å². The molecule has 4 rings (SSSR count). The summed E-state index contributed by atoms with van der Waals surface area (Å²) in [7, 11) is 0. The van der Waals surface area contributed by atoms with Crippen LogP contribution in [0.1, 0.15) is 5.56 Å². The van der Waals surface area contributed by atoms with E-state index in [0.29, 0.717) is 11.6 Å². The van der Waals surface area contributed by atoms with E-state index in [9.17, 15) is 4.79 Å². The molecule has 1 amide bonds. The Morgan fingerprint density at radius 2 is 2.08 bits per heavy atom.